The van der Waals surface area contributed by atoms with E-state index in [4.69, 9.17) is 10.00 Å². The summed E-state index contributed by atoms with van der Waals surface area (Å²) < 4.78 is 18.0. The van der Waals surface area contributed by atoms with Gasteiger partial charge in [-0.1, -0.05) is 24.3 Å². The Kier molecular flexibility index (Phi) is 4.30. The Morgan fingerprint density at radius 2 is 1.58 bits per heavy atom. The van der Waals surface area contributed by atoms with Crippen LogP contribution in [0.1, 0.15) is 15.9 Å². The minimum Gasteiger partial charge on any atom is -0.423 e. The van der Waals surface area contributed by atoms with Gasteiger partial charge in [0.1, 0.15) is 5.75 Å². The molecule has 4 nitrogen and oxygen atoms in total. The van der Waals surface area contributed by atoms with Gasteiger partial charge in [0.15, 0.2) is 0 Å². The van der Waals surface area contributed by atoms with E-state index < -0.39 is 11.9 Å². The highest BCUT2D eigenvalue weighted by atomic mass is 19.1. The number of aromatic nitrogens is 1. The van der Waals surface area contributed by atoms with E-state index in [1.165, 1.54) is 6.07 Å². The van der Waals surface area contributed by atoms with Gasteiger partial charge in [-0.15, -0.1) is 0 Å². The summed E-state index contributed by atoms with van der Waals surface area (Å²) in [5, 5.41) is 8.80. The third-order valence-electron chi connectivity index (χ3n) is 3.38. The monoisotopic (exact) mass is 318 g/mol. The molecule has 0 amide bonds. The summed E-state index contributed by atoms with van der Waals surface area (Å²) in [5.41, 5.74) is 2.65. The number of nitrogens with zero attached hydrogens (tertiary/aromatic N) is 2. The van der Waals surface area contributed by atoms with Crippen molar-refractivity contribution in [3.8, 4) is 22.9 Å². The Hall–Kier alpha value is -3.52. The van der Waals surface area contributed by atoms with E-state index in [1.807, 2.05) is 24.3 Å². The Labute approximate surface area is 137 Å². The van der Waals surface area contributed by atoms with Crippen molar-refractivity contribution in [2.75, 3.05) is 0 Å². The number of benzene rings is 2. The van der Waals surface area contributed by atoms with Crippen molar-refractivity contribution < 1.29 is 13.9 Å². The molecule has 1 heterocycles. The molecule has 3 aromatic rings. The second kappa shape index (κ2) is 6.71. The molecular formula is C19H11FN2O2. The predicted molar refractivity (Wildman–Crippen MR) is 85.7 cm³/mol. The highest BCUT2D eigenvalue weighted by Gasteiger charge is 2.09. The molecule has 2 aromatic carbocycles. The van der Waals surface area contributed by atoms with Crippen molar-refractivity contribution in [3.05, 3.63) is 83.9 Å². The van der Waals surface area contributed by atoms with E-state index in [0.717, 1.165) is 23.4 Å². The van der Waals surface area contributed by atoms with Crippen LogP contribution in [0.4, 0.5) is 4.39 Å². The van der Waals surface area contributed by atoms with Gasteiger partial charge >= 0.3 is 5.97 Å². The van der Waals surface area contributed by atoms with Crippen LogP contribution in [0.25, 0.3) is 11.1 Å². The first-order chi connectivity index (χ1) is 11.7. The normalized spacial score (nSPS) is 10.0. The minimum absolute atomic E-state index is 0.174. The third-order valence-corrected chi connectivity index (χ3v) is 3.38. The quantitative estimate of drug-likeness (QED) is 0.416. The number of halogens is 1. The second-order valence-corrected chi connectivity index (χ2v) is 4.97. The summed E-state index contributed by atoms with van der Waals surface area (Å²) in [6, 6.07) is 18.6. The van der Waals surface area contributed by atoms with Crippen LogP contribution in [0.3, 0.4) is 0 Å². The largest absolute Gasteiger partial charge is 0.423 e. The van der Waals surface area contributed by atoms with E-state index in [9.17, 15) is 9.18 Å². The number of nitriles is 1. The van der Waals surface area contributed by atoms with Gasteiger partial charge in [-0.3, -0.25) is 0 Å². The van der Waals surface area contributed by atoms with Crippen LogP contribution in [0.2, 0.25) is 0 Å². The molecule has 0 unspecified atom stereocenters. The molecule has 0 radical (unpaired) electrons. The fourth-order valence-electron chi connectivity index (χ4n) is 2.12. The van der Waals surface area contributed by atoms with Gasteiger partial charge < -0.3 is 4.74 Å². The molecule has 0 aliphatic carbocycles. The molecule has 116 valence electrons. The number of esters is 1. The lowest BCUT2D eigenvalue weighted by atomic mass is 10.0. The summed E-state index contributed by atoms with van der Waals surface area (Å²) in [4.78, 5) is 15.4. The molecule has 0 N–H and O–H groups in total. The molecular weight excluding hydrogens is 307 g/mol. The molecule has 0 aliphatic rings. The molecule has 5 heteroatoms. The van der Waals surface area contributed by atoms with Gasteiger partial charge in [0.2, 0.25) is 5.95 Å². The Morgan fingerprint density at radius 1 is 0.958 bits per heavy atom. The maximum atomic E-state index is 12.7. The first kappa shape index (κ1) is 15.4. The maximum absolute atomic E-state index is 12.7. The first-order valence-electron chi connectivity index (χ1n) is 7.10. The van der Waals surface area contributed by atoms with Crippen LogP contribution in [0.5, 0.6) is 5.75 Å². The predicted octanol–water partition coefficient (Wildman–Crippen LogP) is 3.98. The first-order valence-corrected chi connectivity index (χ1v) is 7.10. The number of carbonyl (C=O) groups is 1. The third kappa shape index (κ3) is 3.45. The van der Waals surface area contributed by atoms with Crippen LogP contribution < -0.4 is 4.74 Å². The number of hydrogen-bond acceptors (Lipinski definition) is 4. The molecule has 0 aliphatic heterocycles. The van der Waals surface area contributed by atoms with Crippen LogP contribution in [-0.4, -0.2) is 11.0 Å². The maximum Gasteiger partial charge on any atom is 0.345 e. The summed E-state index contributed by atoms with van der Waals surface area (Å²) >= 11 is 0. The van der Waals surface area contributed by atoms with Gasteiger partial charge in [0.05, 0.1) is 17.2 Å². The van der Waals surface area contributed by atoms with Crippen LogP contribution in [-0.2, 0) is 0 Å². The summed E-state index contributed by atoms with van der Waals surface area (Å²) in [5.74, 6) is -0.881. The van der Waals surface area contributed by atoms with Crippen molar-refractivity contribution in [2.45, 2.75) is 0 Å². The lowest BCUT2D eigenvalue weighted by Crippen LogP contribution is -2.08. The van der Waals surface area contributed by atoms with E-state index in [-0.39, 0.29) is 5.56 Å². The fraction of sp³-hybridized carbons (Fsp3) is 0. The molecule has 0 saturated heterocycles. The zero-order chi connectivity index (χ0) is 16.9. The fourth-order valence-corrected chi connectivity index (χ4v) is 2.12. The van der Waals surface area contributed by atoms with Crippen molar-refractivity contribution in [1.29, 1.82) is 5.26 Å². The van der Waals surface area contributed by atoms with E-state index >= 15 is 0 Å². The van der Waals surface area contributed by atoms with Crippen LogP contribution in [0, 0.1) is 17.3 Å². The molecule has 1 aromatic heterocycles. The zero-order valence-corrected chi connectivity index (χ0v) is 12.4. The highest BCUT2D eigenvalue weighted by Crippen LogP contribution is 2.23. The lowest BCUT2D eigenvalue weighted by molar-refractivity contribution is 0.0734. The number of rotatable bonds is 3. The number of pyridine rings is 1. The lowest BCUT2D eigenvalue weighted by Gasteiger charge is -2.06. The van der Waals surface area contributed by atoms with E-state index in [2.05, 4.69) is 11.1 Å². The summed E-state index contributed by atoms with van der Waals surface area (Å²) in [6.07, 6.45) is 1.13. The van der Waals surface area contributed by atoms with Gasteiger partial charge in [-0.05, 0) is 47.5 Å². The van der Waals surface area contributed by atoms with Gasteiger partial charge in [-0.2, -0.15) is 9.65 Å². The van der Waals surface area contributed by atoms with Crippen LogP contribution >= 0.6 is 0 Å². The Bertz CT molecular complexity index is 896. The summed E-state index contributed by atoms with van der Waals surface area (Å²) in [7, 11) is 0. The molecule has 0 fully saturated rings. The molecule has 24 heavy (non-hydrogen) atoms. The van der Waals surface area contributed by atoms with Crippen molar-refractivity contribution in [3.63, 3.8) is 0 Å². The van der Waals surface area contributed by atoms with Crippen LogP contribution in [0.15, 0.2) is 66.9 Å². The molecule has 0 bridgehead atoms. The number of ether oxygens (including phenoxy) is 1. The molecule has 0 atom stereocenters. The topological polar surface area (TPSA) is 63.0 Å². The van der Waals surface area contributed by atoms with Crippen molar-refractivity contribution >= 4 is 5.97 Å². The van der Waals surface area contributed by atoms with E-state index in [1.54, 1.807) is 24.3 Å². The van der Waals surface area contributed by atoms with Crippen molar-refractivity contribution in [1.82, 2.24) is 4.98 Å². The minimum atomic E-state index is -0.654. The summed E-state index contributed by atoms with van der Waals surface area (Å²) in [6.45, 7) is 0. The number of hydrogen-bond donors (Lipinski definition) is 0. The highest BCUT2D eigenvalue weighted by molar-refractivity contribution is 5.90. The SMILES string of the molecule is N#Cc1ccc(-c2ccc(OC(=O)c3ccc(F)nc3)cc2)cc1. The zero-order valence-electron chi connectivity index (χ0n) is 12.4. The average molecular weight is 318 g/mol. The average Bonchev–Trinajstić information content (AvgIpc) is 2.63. The molecule has 0 saturated carbocycles. The van der Waals surface area contributed by atoms with Gasteiger partial charge in [-0.25, -0.2) is 9.78 Å². The van der Waals surface area contributed by atoms with E-state index in [0.29, 0.717) is 11.3 Å². The molecule has 3 rings (SSSR count). The smallest absolute Gasteiger partial charge is 0.345 e. The second-order valence-electron chi connectivity index (χ2n) is 4.97. The number of carbonyl (C=O) groups excluding carboxylic acids is 1. The van der Waals surface area contributed by atoms with Gasteiger partial charge in [0.25, 0.3) is 0 Å². The molecule has 0 spiro atoms. The standard InChI is InChI=1S/C19H11FN2O2/c20-18-10-7-16(12-22-18)19(23)24-17-8-5-15(6-9-17)14-3-1-13(11-21)2-4-14/h1-10,12H. The van der Waals surface area contributed by atoms with Crippen molar-refractivity contribution in [2.24, 2.45) is 0 Å². The Morgan fingerprint density at radius 3 is 2.12 bits per heavy atom. The van der Waals surface area contributed by atoms with Gasteiger partial charge in [0, 0.05) is 6.20 Å². The Balaban J connectivity index is 1.73.